The number of fused-ring (bicyclic) bond motifs is 5. The molecular formula is C20H34O2. The van der Waals surface area contributed by atoms with Gasteiger partial charge in [-0.25, -0.2) is 0 Å². The second-order valence-electron chi connectivity index (χ2n) is 9.28. The van der Waals surface area contributed by atoms with Crippen molar-refractivity contribution in [2.24, 2.45) is 35.0 Å². The van der Waals surface area contributed by atoms with Crippen LogP contribution < -0.4 is 0 Å². The average Bonchev–Trinajstić information content (AvgIpc) is 2.79. The van der Waals surface area contributed by atoms with Gasteiger partial charge in [0.2, 0.25) is 0 Å². The monoisotopic (exact) mass is 306 g/mol. The first kappa shape index (κ1) is 15.4. The van der Waals surface area contributed by atoms with E-state index in [0.717, 1.165) is 55.3 Å². The van der Waals surface area contributed by atoms with Crippen molar-refractivity contribution in [3.05, 3.63) is 0 Å². The van der Waals surface area contributed by atoms with Crippen LogP contribution in [-0.2, 0) is 0 Å². The van der Waals surface area contributed by atoms with Crippen molar-refractivity contribution >= 4 is 0 Å². The van der Waals surface area contributed by atoms with Gasteiger partial charge in [0.05, 0.1) is 11.7 Å². The Labute approximate surface area is 135 Å². The van der Waals surface area contributed by atoms with Crippen LogP contribution in [0.15, 0.2) is 0 Å². The van der Waals surface area contributed by atoms with Crippen molar-refractivity contribution in [2.75, 3.05) is 0 Å². The molecule has 0 aromatic carbocycles. The molecule has 0 aromatic heterocycles. The predicted molar refractivity (Wildman–Crippen MR) is 88.4 cm³/mol. The number of aliphatic hydroxyl groups excluding tert-OH is 1. The lowest BCUT2D eigenvalue weighted by Gasteiger charge is -2.57. The van der Waals surface area contributed by atoms with Gasteiger partial charge in [-0.2, -0.15) is 0 Å². The van der Waals surface area contributed by atoms with E-state index < -0.39 is 5.60 Å². The maximum atomic E-state index is 11.2. The van der Waals surface area contributed by atoms with Crippen molar-refractivity contribution < 1.29 is 10.2 Å². The standard InChI is InChI=1S/C20H34O2/c1-3-20(22)11-9-18-17-6-4-13-12-14(21)5-7-15(13)16(17)8-10-19(18,20)2/h13-18,21-22H,3-12H2,1-2H3. The van der Waals surface area contributed by atoms with Gasteiger partial charge in [0.1, 0.15) is 0 Å². The minimum atomic E-state index is -0.401. The van der Waals surface area contributed by atoms with E-state index in [9.17, 15) is 10.2 Å². The van der Waals surface area contributed by atoms with Gasteiger partial charge < -0.3 is 10.2 Å². The van der Waals surface area contributed by atoms with E-state index in [0.29, 0.717) is 0 Å². The topological polar surface area (TPSA) is 40.5 Å². The maximum Gasteiger partial charge on any atom is 0.0701 e. The molecule has 4 aliphatic rings. The SMILES string of the molecule is CCC1(O)CCC2C3CCC4CC(O)CCC4C3CCC21C. The number of rotatable bonds is 1. The maximum absolute atomic E-state index is 11.2. The molecule has 126 valence electrons. The Morgan fingerprint density at radius 1 is 0.909 bits per heavy atom. The van der Waals surface area contributed by atoms with Gasteiger partial charge in [-0.05, 0) is 99.2 Å². The molecule has 8 atom stereocenters. The first-order valence-corrected chi connectivity index (χ1v) is 9.89. The van der Waals surface area contributed by atoms with Crippen LogP contribution in [0.3, 0.4) is 0 Å². The largest absolute Gasteiger partial charge is 0.393 e. The lowest BCUT2D eigenvalue weighted by Crippen LogP contribution is -2.53. The molecule has 22 heavy (non-hydrogen) atoms. The molecule has 4 saturated carbocycles. The lowest BCUT2D eigenvalue weighted by atomic mass is 9.49. The van der Waals surface area contributed by atoms with E-state index in [1.54, 1.807) is 0 Å². The summed E-state index contributed by atoms with van der Waals surface area (Å²) in [7, 11) is 0. The quantitative estimate of drug-likeness (QED) is 0.764. The highest BCUT2D eigenvalue weighted by molar-refractivity contribution is 5.11. The Morgan fingerprint density at radius 3 is 2.45 bits per heavy atom. The molecule has 4 rings (SSSR count). The van der Waals surface area contributed by atoms with E-state index >= 15 is 0 Å². The van der Waals surface area contributed by atoms with Crippen molar-refractivity contribution in [2.45, 2.75) is 89.8 Å². The van der Waals surface area contributed by atoms with E-state index in [1.807, 2.05) is 0 Å². The lowest BCUT2D eigenvalue weighted by molar-refractivity contribution is -0.134. The van der Waals surface area contributed by atoms with Gasteiger partial charge in [0.25, 0.3) is 0 Å². The van der Waals surface area contributed by atoms with Crippen molar-refractivity contribution in [3.8, 4) is 0 Å². The molecule has 2 N–H and O–H groups in total. The van der Waals surface area contributed by atoms with E-state index in [4.69, 9.17) is 0 Å². The highest BCUT2D eigenvalue weighted by Crippen LogP contribution is 2.65. The third-order valence-electron chi connectivity index (χ3n) is 8.83. The first-order valence-electron chi connectivity index (χ1n) is 9.89. The Balaban J connectivity index is 1.58. The molecule has 0 heterocycles. The van der Waals surface area contributed by atoms with Crippen molar-refractivity contribution in [1.82, 2.24) is 0 Å². The van der Waals surface area contributed by atoms with Crippen LogP contribution >= 0.6 is 0 Å². The highest BCUT2D eigenvalue weighted by atomic mass is 16.3. The molecule has 0 bridgehead atoms. The molecule has 0 aromatic rings. The van der Waals surface area contributed by atoms with Crippen LogP contribution in [0.25, 0.3) is 0 Å². The van der Waals surface area contributed by atoms with Gasteiger partial charge >= 0.3 is 0 Å². The fraction of sp³-hybridized carbons (Fsp3) is 1.00. The minimum Gasteiger partial charge on any atom is -0.393 e. The number of hydrogen-bond acceptors (Lipinski definition) is 2. The number of hydrogen-bond donors (Lipinski definition) is 2. The third-order valence-corrected chi connectivity index (χ3v) is 8.83. The predicted octanol–water partition coefficient (Wildman–Crippen LogP) is 4.14. The fourth-order valence-corrected chi connectivity index (χ4v) is 7.52. The molecule has 0 amide bonds. The fourth-order valence-electron chi connectivity index (χ4n) is 7.52. The Bertz CT molecular complexity index is 435. The molecule has 2 heteroatoms. The van der Waals surface area contributed by atoms with Crippen molar-refractivity contribution in [3.63, 3.8) is 0 Å². The van der Waals surface area contributed by atoms with E-state index in [2.05, 4.69) is 13.8 Å². The van der Waals surface area contributed by atoms with Crippen LogP contribution in [0.5, 0.6) is 0 Å². The summed E-state index contributed by atoms with van der Waals surface area (Å²) in [5, 5.41) is 21.2. The Hall–Kier alpha value is -0.0800. The summed E-state index contributed by atoms with van der Waals surface area (Å²) in [5.74, 6) is 4.17. The van der Waals surface area contributed by atoms with Gasteiger partial charge in [-0.1, -0.05) is 13.8 Å². The highest BCUT2D eigenvalue weighted by Gasteiger charge is 2.61. The summed E-state index contributed by atoms with van der Waals surface area (Å²) >= 11 is 0. The van der Waals surface area contributed by atoms with Crippen LogP contribution in [0, 0.1) is 35.0 Å². The second-order valence-corrected chi connectivity index (χ2v) is 9.28. The molecule has 0 radical (unpaired) electrons. The van der Waals surface area contributed by atoms with Gasteiger partial charge in [-0.3, -0.25) is 0 Å². The molecular weight excluding hydrogens is 272 g/mol. The van der Waals surface area contributed by atoms with Crippen LogP contribution in [0.2, 0.25) is 0 Å². The average molecular weight is 306 g/mol. The summed E-state index contributed by atoms with van der Waals surface area (Å²) in [6, 6.07) is 0. The summed E-state index contributed by atoms with van der Waals surface area (Å²) in [6.07, 6.45) is 11.8. The molecule has 4 fully saturated rings. The smallest absolute Gasteiger partial charge is 0.0701 e. The van der Waals surface area contributed by atoms with Gasteiger partial charge in [0, 0.05) is 0 Å². The summed E-state index contributed by atoms with van der Waals surface area (Å²) in [5.41, 5.74) is -0.230. The van der Waals surface area contributed by atoms with Crippen LogP contribution in [0.1, 0.15) is 78.1 Å². The number of aliphatic hydroxyl groups is 2. The Kier molecular flexibility index (Phi) is 3.66. The van der Waals surface area contributed by atoms with Gasteiger partial charge in [-0.15, -0.1) is 0 Å². The van der Waals surface area contributed by atoms with Crippen LogP contribution in [-0.4, -0.2) is 21.9 Å². The molecule has 0 spiro atoms. The zero-order valence-corrected chi connectivity index (χ0v) is 14.4. The van der Waals surface area contributed by atoms with Gasteiger partial charge in [0.15, 0.2) is 0 Å². The molecule has 8 unspecified atom stereocenters. The minimum absolute atomic E-state index is 0.0247. The Morgan fingerprint density at radius 2 is 1.68 bits per heavy atom. The third kappa shape index (κ3) is 1.99. The molecule has 4 aliphatic carbocycles. The zero-order chi connectivity index (χ0) is 15.5. The summed E-state index contributed by atoms with van der Waals surface area (Å²) < 4.78 is 0. The second kappa shape index (κ2) is 5.21. The van der Waals surface area contributed by atoms with E-state index in [1.165, 1.54) is 38.5 Å². The normalized spacial score (nSPS) is 57.8. The molecule has 2 nitrogen and oxygen atoms in total. The molecule has 0 aliphatic heterocycles. The first-order chi connectivity index (χ1) is 10.5. The summed E-state index contributed by atoms with van der Waals surface area (Å²) in [6.45, 7) is 4.58. The van der Waals surface area contributed by atoms with E-state index in [-0.39, 0.29) is 11.5 Å². The molecule has 0 saturated heterocycles. The zero-order valence-electron chi connectivity index (χ0n) is 14.4. The van der Waals surface area contributed by atoms with Crippen LogP contribution in [0.4, 0.5) is 0 Å². The summed E-state index contributed by atoms with van der Waals surface area (Å²) in [4.78, 5) is 0. The van der Waals surface area contributed by atoms with Crippen molar-refractivity contribution in [1.29, 1.82) is 0 Å².